The van der Waals surface area contributed by atoms with Crippen LogP contribution in [0.4, 0.5) is 5.69 Å². The molecule has 6 nitrogen and oxygen atoms in total. The Morgan fingerprint density at radius 1 is 0.968 bits per heavy atom. The summed E-state index contributed by atoms with van der Waals surface area (Å²) in [6, 6.07) is 19.7. The van der Waals surface area contributed by atoms with E-state index in [1.165, 1.54) is 27.6 Å². The first-order chi connectivity index (χ1) is 15.0. The van der Waals surface area contributed by atoms with Gasteiger partial charge in [-0.25, -0.2) is 4.68 Å². The van der Waals surface area contributed by atoms with E-state index >= 15 is 0 Å². The van der Waals surface area contributed by atoms with E-state index in [2.05, 4.69) is 60.2 Å². The van der Waals surface area contributed by atoms with E-state index in [1.807, 2.05) is 17.0 Å². The third-order valence-corrected chi connectivity index (χ3v) is 5.81. The topological polar surface area (TPSA) is 58.4 Å². The monoisotopic (exact) mass is 416 g/mol. The molecule has 0 aliphatic carbocycles. The Kier molecular flexibility index (Phi) is 6.16. The largest absolute Gasteiger partial charge is 0.368 e. The lowest BCUT2D eigenvalue weighted by Gasteiger charge is -2.36. The summed E-state index contributed by atoms with van der Waals surface area (Å²) in [5.74, 6) is -0.0722. The van der Waals surface area contributed by atoms with Crippen LogP contribution in [0.15, 0.2) is 65.5 Å². The standard InChI is InChI=1S/C25H28N4O2/c1-3-20-7-9-21(10-8-20)23-11-12-24(30)29(26-23)18-25(31)28-15-13-27(14-16-28)22-6-4-5-19(2)17-22/h4-12,17H,3,13-16,18H2,1-2H3. The second-order valence-electron chi connectivity index (χ2n) is 7.97. The first-order valence-electron chi connectivity index (χ1n) is 10.8. The molecule has 1 aromatic heterocycles. The van der Waals surface area contributed by atoms with Crippen LogP contribution in [0.25, 0.3) is 11.3 Å². The molecule has 0 spiro atoms. The van der Waals surface area contributed by atoms with Crippen LogP contribution in [-0.2, 0) is 17.8 Å². The molecule has 6 heteroatoms. The average molecular weight is 417 g/mol. The van der Waals surface area contributed by atoms with Crippen LogP contribution in [0.3, 0.4) is 0 Å². The number of amides is 1. The van der Waals surface area contributed by atoms with Crippen LogP contribution in [-0.4, -0.2) is 46.8 Å². The zero-order valence-electron chi connectivity index (χ0n) is 18.1. The van der Waals surface area contributed by atoms with Crippen molar-refractivity contribution in [3.63, 3.8) is 0 Å². The van der Waals surface area contributed by atoms with Crippen molar-refractivity contribution in [2.45, 2.75) is 26.8 Å². The highest BCUT2D eigenvalue weighted by atomic mass is 16.2. The fourth-order valence-corrected chi connectivity index (χ4v) is 3.89. The van der Waals surface area contributed by atoms with Crippen molar-refractivity contribution in [3.05, 3.63) is 82.1 Å². The van der Waals surface area contributed by atoms with E-state index in [0.29, 0.717) is 18.8 Å². The van der Waals surface area contributed by atoms with E-state index < -0.39 is 0 Å². The van der Waals surface area contributed by atoms with Gasteiger partial charge in [0.2, 0.25) is 5.91 Å². The van der Waals surface area contributed by atoms with Gasteiger partial charge in [0, 0.05) is 43.5 Å². The van der Waals surface area contributed by atoms with Gasteiger partial charge in [0.15, 0.2) is 0 Å². The summed E-state index contributed by atoms with van der Waals surface area (Å²) in [6.45, 7) is 6.99. The van der Waals surface area contributed by atoms with Gasteiger partial charge < -0.3 is 9.80 Å². The third-order valence-electron chi connectivity index (χ3n) is 5.81. The number of nitrogens with zero attached hydrogens (tertiary/aromatic N) is 4. The summed E-state index contributed by atoms with van der Waals surface area (Å²) >= 11 is 0. The molecule has 2 heterocycles. The molecule has 4 rings (SSSR count). The van der Waals surface area contributed by atoms with Gasteiger partial charge in [0.1, 0.15) is 6.54 Å². The Bertz CT molecular complexity index is 1110. The third kappa shape index (κ3) is 4.85. The molecule has 1 fully saturated rings. The van der Waals surface area contributed by atoms with Gasteiger partial charge in [-0.3, -0.25) is 9.59 Å². The molecule has 0 unspecified atom stereocenters. The molecular formula is C25H28N4O2. The quantitative estimate of drug-likeness (QED) is 0.641. The van der Waals surface area contributed by atoms with Crippen molar-refractivity contribution in [2.24, 2.45) is 0 Å². The van der Waals surface area contributed by atoms with E-state index in [0.717, 1.165) is 25.1 Å². The number of benzene rings is 2. The fraction of sp³-hybridized carbons (Fsp3) is 0.320. The molecule has 31 heavy (non-hydrogen) atoms. The molecule has 0 atom stereocenters. The van der Waals surface area contributed by atoms with Gasteiger partial charge >= 0.3 is 0 Å². The molecule has 0 N–H and O–H groups in total. The minimum Gasteiger partial charge on any atom is -0.368 e. The predicted octanol–water partition coefficient (Wildman–Crippen LogP) is 3.13. The highest BCUT2D eigenvalue weighted by molar-refractivity contribution is 5.76. The zero-order chi connectivity index (χ0) is 21.8. The Morgan fingerprint density at radius 3 is 2.39 bits per heavy atom. The number of rotatable bonds is 5. The average Bonchev–Trinajstić information content (AvgIpc) is 2.80. The van der Waals surface area contributed by atoms with Crippen molar-refractivity contribution in [3.8, 4) is 11.3 Å². The smallest absolute Gasteiger partial charge is 0.267 e. The molecule has 0 radical (unpaired) electrons. The maximum atomic E-state index is 12.9. The first kappa shape index (κ1) is 20.8. The number of anilines is 1. The van der Waals surface area contributed by atoms with Crippen molar-refractivity contribution in [1.29, 1.82) is 0 Å². The Hall–Kier alpha value is -3.41. The minimum atomic E-state index is -0.263. The van der Waals surface area contributed by atoms with E-state index in [9.17, 15) is 9.59 Å². The lowest BCUT2D eigenvalue weighted by molar-refractivity contribution is -0.132. The molecule has 1 amide bonds. The van der Waals surface area contributed by atoms with Crippen molar-refractivity contribution >= 4 is 11.6 Å². The summed E-state index contributed by atoms with van der Waals surface area (Å²) in [5, 5.41) is 4.45. The Morgan fingerprint density at radius 2 is 1.71 bits per heavy atom. The predicted molar refractivity (Wildman–Crippen MR) is 123 cm³/mol. The van der Waals surface area contributed by atoms with E-state index in [-0.39, 0.29) is 18.0 Å². The van der Waals surface area contributed by atoms with E-state index in [4.69, 9.17) is 0 Å². The van der Waals surface area contributed by atoms with Gasteiger partial charge in [0.05, 0.1) is 5.69 Å². The number of aromatic nitrogens is 2. The summed E-state index contributed by atoms with van der Waals surface area (Å²) < 4.78 is 1.28. The zero-order valence-corrected chi connectivity index (χ0v) is 18.1. The Balaban J connectivity index is 1.42. The SMILES string of the molecule is CCc1ccc(-c2ccc(=O)n(CC(=O)N3CCN(c4cccc(C)c4)CC3)n2)cc1. The molecule has 1 aliphatic rings. The lowest BCUT2D eigenvalue weighted by atomic mass is 10.1. The number of hydrogen-bond donors (Lipinski definition) is 0. The molecule has 0 bridgehead atoms. The highest BCUT2D eigenvalue weighted by Crippen LogP contribution is 2.18. The second kappa shape index (κ2) is 9.16. The van der Waals surface area contributed by atoms with Crippen LogP contribution in [0.2, 0.25) is 0 Å². The number of carbonyl (C=O) groups is 1. The molecule has 1 saturated heterocycles. The van der Waals surface area contributed by atoms with Gasteiger partial charge in [-0.1, -0.05) is 43.3 Å². The van der Waals surface area contributed by atoms with Crippen LogP contribution in [0.1, 0.15) is 18.1 Å². The summed E-state index contributed by atoms with van der Waals surface area (Å²) in [6.07, 6.45) is 0.971. The van der Waals surface area contributed by atoms with Gasteiger partial charge in [-0.05, 0) is 42.7 Å². The van der Waals surface area contributed by atoms with Crippen LogP contribution >= 0.6 is 0 Å². The van der Waals surface area contributed by atoms with Crippen LogP contribution < -0.4 is 10.5 Å². The summed E-state index contributed by atoms with van der Waals surface area (Å²) in [7, 11) is 0. The summed E-state index contributed by atoms with van der Waals surface area (Å²) in [4.78, 5) is 29.3. The normalized spacial score (nSPS) is 14.0. The van der Waals surface area contributed by atoms with Crippen LogP contribution in [0.5, 0.6) is 0 Å². The van der Waals surface area contributed by atoms with Gasteiger partial charge in [-0.15, -0.1) is 0 Å². The van der Waals surface area contributed by atoms with Crippen molar-refractivity contribution in [1.82, 2.24) is 14.7 Å². The highest BCUT2D eigenvalue weighted by Gasteiger charge is 2.22. The van der Waals surface area contributed by atoms with Crippen molar-refractivity contribution in [2.75, 3.05) is 31.1 Å². The molecule has 160 valence electrons. The number of piperazine rings is 1. The second-order valence-corrected chi connectivity index (χ2v) is 7.97. The molecule has 2 aromatic carbocycles. The maximum absolute atomic E-state index is 12.9. The van der Waals surface area contributed by atoms with Crippen molar-refractivity contribution < 1.29 is 4.79 Å². The lowest BCUT2D eigenvalue weighted by Crippen LogP contribution is -2.50. The fourth-order valence-electron chi connectivity index (χ4n) is 3.89. The van der Waals surface area contributed by atoms with Crippen LogP contribution in [0, 0.1) is 6.92 Å². The number of hydrogen-bond acceptors (Lipinski definition) is 4. The van der Waals surface area contributed by atoms with Gasteiger partial charge in [0.25, 0.3) is 5.56 Å². The number of aryl methyl sites for hydroxylation is 2. The maximum Gasteiger partial charge on any atom is 0.267 e. The molecular weight excluding hydrogens is 388 g/mol. The molecule has 0 saturated carbocycles. The summed E-state index contributed by atoms with van der Waals surface area (Å²) in [5.41, 5.74) is 5.03. The Labute approximate surface area is 182 Å². The molecule has 3 aromatic rings. The number of carbonyl (C=O) groups excluding carboxylic acids is 1. The minimum absolute atomic E-state index is 0.0375. The van der Waals surface area contributed by atoms with E-state index in [1.54, 1.807) is 6.07 Å². The molecule has 1 aliphatic heterocycles. The van der Waals surface area contributed by atoms with Gasteiger partial charge in [-0.2, -0.15) is 5.10 Å². The first-order valence-corrected chi connectivity index (χ1v) is 10.8.